The van der Waals surface area contributed by atoms with Crippen molar-refractivity contribution >= 4 is 67.1 Å². The molecule has 17 nitrogen and oxygen atoms in total. The number of sulfonamides is 1. The van der Waals surface area contributed by atoms with Crippen molar-refractivity contribution in [2.24, 2.45) is 7.05 Å². The average Bonchev–Trinajstić information content (AvgIpc) is 3.76. The summed E-state index contributed by atoms with van der Waals surface area (Å²) < 4.78 is 34.7. The lowest BCUT2D eigenvalue weighted by atomic mass is 10.1. The molecule has 2 aliphatic heterocycles. The van der Waals surface area contributed by atoms with Gasteiger partial charge >= 0.3 is 5.69 Å². The van der Waals surface area contributed by atoms with Crippen molar-refractivity contribution in [2.45, 2.75) is 101 Å². The van der Waals surface area contributed by atoms with E-state index in [9.17, 15) is 27.6 Å². The van der Waals surface area contributed by atoms with E-state index in [1.54, 1.807) is 34.8 Å². The Kier molecular flexibility index (Phi) is 11.8. The lowest BCUT2D eigenvalue weighted by molar-refractivity contribution is -0.135. The molecule has 5 aromatic rings. The van der Waals surface area contributed by atoms with E-state index in [0.717, 1.165) is 44.3 Å². The third-order valence-electron chi connectivity index (χ3n) is 10.8. The standard InChI is InChI=1S/C38H48ClN11O6S/c1-24(2)49-34-25(19-29(39)36(49)53)21-41-37(45-34)43-26-13-17-48(18-14-26)57(55,56)28-22-42-47(23-28)16-8-6-4-5-7-15-40-27-9-10-30-32(20-27)46(3)38(54)50(30)31-11-12-33(51)44-35(31)52/h9-10,19-24,26,31,40H,4-8,11-18H2,1-3H3,(H,41,43,45)(H,44,51,52). The van der Waals surface area contributed by atoms with Gasteiger partial charge in [0.2, 0.25) is 27.8 Å². The van der Waals surface area contributed by atoms with Crippen LogP contribution in [0, 0.1) is 0 Å². The predicted molar refractivity (Wildman–Crippen MR) is 217 cm³/mol. The Hall–Kier alpha value is -5.07. The lowest BCUT2D eigenvalue weighted by Crippen LogP contribution is -2.44. The van der Waals surface area contributed by atoms with Crippen LogP contribution in [0.15, 0.2) is 57.3 Å². The summed E-state index contributed by atoms with van der Waals surface area (Å²) in [6.07, 6.45) is 11.1. The molecule has 57 heavy (non-hydrogen) atoms. The van der Waals surface area contributed by atoms with Crippen LogP contribution >= 0.6 is 11.6 Å². The number of piperidine rings is 2. The first kappa shape index (κ1) is 40.1. The smallest absolute Gasteiger partial charge is 0.329 e. The monoisotopic (exact) mass is 821 g/mol. The summed E-state index contributed by atoms with van der Waals surface area (Å²) in [6, 6.07) is 6.32. The van der Waals surface area contributed by atoms with Crippen molar-refractivity contribution in [3.8, 4) is 0 Å². The summed E-state index contributed by atoms with van der Waals surface area (Å²) in [4.78, 5) is 59.0. The van der Waals surface area contributed by atoms with Crippen molar-refractivity contribution < 1.29 is 18.0 Å². The molecular weight excluding hydrogens is 774 g/mol. The number of imide groups is 1. The molecule has 7 rings (SSSR count). The van der Waals surface area contributed by atoms with E-state index in [2.05, 4.69) is 31.0 Å². The normalized spacial score (nSPS) is 17.2. The van der Waals surface area contributed by atoms with Crippen LogP contribution in [0.5, 0.6) is 0 Å². The number of hydrogen-bond acceptors (Lipinski definition) is 11. The summed E-state index contributed by atoms with van der Waals surface area (Å²) in [5, 5.41) is 14.2. The number of carbonyl (C=O) groups is 2. The number of carbonyl (C=O) groups excluding carboxylic acids is 2. The Labute approximate surface area is 334 Å². The van der Waals surface area contributed by atoms with Gasteiger partial charge < -0.3 is 10.6 Å². The summed E-state index contributed by atoms with van der Waals surface area (Å²) in [5.74, 6) is -0.394. The molecule has 1 aromatic carbocycles. The quantitative estimate of drug-likeness (QED) is 0.101. The molecule has 2 fully saturated rings. The summed E-state index contributed by atoms with van der Waals surface area (Å²) in [6.45, 7) is 5.85. The first-order chi connectivity index (χ1) is 27.3. The second-order valence-electron chi connectivity index (χ2n) is 15.1. The molecule has 19 heteroatoms. The van der Waals surface area contributed by atoms with Crippen LogP contribution in [-0.2, 0) is 33.2 Å². The van der Waals surface area contributed by atoms with Gasteiger partial charge in [-0.2, -0.15) is 14.4 Å². The number of hydrogen-bond donors (Lipinski definition) is 3. The molecule has 2 saturated heterocycles. The zero-order valence-electron chi connectivity index (χ0n) is 32.3. The second-order valence-corrected chi connectivity index (χ2v) is 17.4. The van der Waals surface area contributed by atoms with Crippen LogP contribution in [-0.4, -0.2) is 83.7 Å². The van der Waals surface area contributed by atoms with Crippen molar-refractivity contribution in [1.82, 2.24) is 43.1 Å². The van der Waals surface area contributed by atoms with Gasteiger partial charge in [-0.15, -0.1) is 0 Å². The minimum absolute atomic E-state index is 0.0353. The molecular formula is C38H48ClN11O6S. The number of pyridine rings is 1. The fraction of sp³-hybridized carbons (Fsp3) is 0.500. The lowest BCUT2D eigenvalue weighted by Gasteiger charge is -2.31. The molecule has 0 bridgehead atoms. The van der Waals surface area contributed by atoms with Gasteiger partial charge in [0.05, 0.1) is 17.2 Å². The molecule has 304 valence electrons. The molecule has 0 radical (unpaired) electrons. The molecule has 6 heterocycles. The molecule has 1 unspecified atom stereocenters. The maximum Gasteiger partial charge on any atom is 0.329 e. The number of fused-ring (bicyclic) bond motifs is 2. The number of aromatic nitrogens is 7. The van der Waals surface area contributed by atoms with E-state index < -0.39 is 22.0 Å². The van der Waals surface area contributed by atoms with Gasteiger partial charge in [-0.05, 0) is 70.2 Å². The summed E-state index contributed by atoms with van der Waals surface area (Å²) in [7, 11) is -2.02. The van der Waals surface area contributed by atoms with Crippen LogP contribution in [0.1, 0.15) is 83.7 Å². The fourth-order valence-electron chi connectivity index (χ4n) is 7.67. The number of nitrogens with zero attached hydrogens (tertiary/aromatic N) is 8. The van der Waals surface area contributed by atoms with Gasteiger partial charge in [0.15, 0.2) is 0 Å². The molecule has 3 N–H and O–H groups in total. The summed E-state index contributed by atoms with van der Waals surface area (Å²) >= 11 is 6.14. The van der Waals surface area contributed by atoms with E-state index in [1.807, 2.05) is 32.0 Å². The van der Waals surface area contributed by atoms with Crippen molar-refractivity contribution in [2.75, 3.05) is 30.3 Å². The van der Waals surface area contributed by atoms with Crippen LogP contribution < -0.4 is 27.2 Å². The highest BCUT2D eigenvalue weighted by Crippen LogP contribution is 2.26. The zero-order chi connectivity index (χ0) is 40.4. The van der Waals surface area contributed by atoms with Gasteiger partial charge in [-0.1, -0.05) is 30.9 Å². The number of aryl methyl sites for hydroxylation is 2. The SMILES string of the molecule is CC(C)n1c(=O)c(Cl)cc2cnc(NC3CCN(S(=O)(=O)c4cnn(CCCCCCCNc5ccc6c(c5)n(C)c(=O)n6C5CCC(=O)NC5=O)c4)CC3)nc21. The molecule has 4 aromatic heterocycles. The molecule has 2 amide bonds. The number of amides is 2. The van der Waals surface area contributed by atoms with Gasteiger partial charge in [-0.3, -0.25) is 38.1 Å². The Morgan fingerprint density at radius 2 is 1.72 bits per heavy atom. The Balaban J connectivity index is 0.825. The first-order valence-corrected chi connectivity index (χ1v) is 21.3. The van der Waals surface area contributed by atoms with Gasteiger partial charge in [0.25, 0.3) is 5.56 Å². The predicted octanol–water partition coefficient (Wildman–Crippen LogP) is 4.18. The molecule has 0 saturated carbocycles. The minimum atomic E-state index is -3.70. The number of halogens is 1. The van der Waals surface area contributed by atoms with E-state index in [0.29, 0.717) is 66.9 Å². The maximum atomic E-state index is 13.5. The highest BCUT2D eigenvalue weighted by molar-refractivity contribution is 7.89. The Bertz CT molecular complexity index is 2540. The van der Waals surface area contributed by atoms with E-state index >= 15 is 0 Å². The van der Waals surface area contributed by atoms with Gasteiger partial charge in [-0.25, -0.2) is 18.2 Å². The van der Waals surface area contributed by atoms with Gasteiger partial charge in [0.1, 0.15) is 21.6 Å². The number of unbranched alkanes of at least 4 members (excludes halogenated alkanes) is 4. The highest BCUT2D eigenvalue weighted by Gasteiger charge is 2.32. The molecule has 0 spiro atoms. The minimum Gasteiger partial charge on any atom is -0.385 e. The Morgan fingerprint density at radius 1 is 0.965 bits per heavy atom. The number of benzene rings is 1. The number of nitrogens with one attached hydrogen (secondary N) is 3. The fourth-order valence-corrected chi connectivity index (χ4v) is 9.31. The first-order valence-electron chi connectivity index (χ1n) is 19.5. The van der Waals surface area contributed by atoms with Crippen LogP contribution in [0.4, 0.5) is 11.6 Å². The third-order valence-corrected chi connectivity index (χ3v) is 12.9. The van der Waals surface area contributed by atoms with E-state index in [4.69, 9.17) is 11.6 Å². The molecule has 2 aliphatic rings. The van der Waals surface area contributed by atoms with Crippen molar-refractivity contribution in [3.63, 3.8) is 0 Å². The largest absolute Gasteiger partial charge is 0.385 e. The second kappa shape index (κ2) is 16.8. The van der Waals surface area contributed by atoms with E-state index in [-0.39, 0.29) is 45.6 Å². The van der Waals surface area contributed by atoms with E-state index in [1.165, 1.54) is 19.6 Å². The maximum absolute atomic E-state index is 13.5. The zero-order valence-corrected chi connectivity index (χ0v) is 33.9. The number of imidazole rings is 1. The number of rotatable bonds is 15. The number of anilines is 2. The van der Waals surface area contributed by atoms with Crippen LogP contribution in [0.25, 0.3) is 22.1 Å². The molecule has 0 aliphatic carbocycles. The third kappa shape index (κ3) is 8.48. The van der Waals surface area contributed by atoms with Crippen molar-refractivity contribution in [1.29, 1.82) is 0 Å². The van der Waals surface area contributed by atoms with Crippen LogP contribution in [0.2, 0.25) is 5.02 Å². The van der Waals surface area contributed by atoms with Gasteiger partial charge in [0, 0.05) is 75.2 Å². The van der Waals surface area contributed by atoms with Crippen LogP contribution in [0.3, 0.4) is 0 Å². The topological polar surface area (TPSA) is 200 Å². The molecule has 1 atom stereocenters. The highest BCUT2D eigenvalue weighted by atomic mass is 35.5. The Morgan fingerprint density at radius 3 is 2.47 bits per heavy atom. The average molecular weight is 822 g/mol. The van der Waals surface area contributed by atoms with Crippen molar-refractivity contribution in [3.05, 3.63) is 68.7 Å². The summed E-state index contributed by atoms with van der Waals surface area (Å²) in [5.41, 5.74) is 2.14.